The Bertz CT molecular complexity index is 513. The second-order valence-electron chi connectivity index (χ2n) is 4.62. The van der Waals surface area contributed by atoms with Crippen LogP contribution in [0.2, 0.25) is 0 Å². The Morgan fingerprint density at radius 3 is 2.84 bits per heavy atom. The molecule has 0 saturated heterocycles. The van der Waals surface area contributed by atoms with Crippen molar-refractivity contribution in [3.8, 4) is 5.75 Å². The van der Waals surface area contributed by atoms with E-state index in [1.807, 2.05) is 0 Å². The largest absolute Gasteiger partial charge is 0.493 e. The van der Waals surface area contributed by atoms with E-state index in [1.165, 1.54) is 6.92 Å². The van der Waals surface area contributed by atoms with Crippen LogP contribution in [-0.2, 0) is 4.79 Å². The molecular weight excluding hydrogens is 266 g/mol. The van der Waals surface area contributed by atoms with Gasteiger partial charge in [0.15, 0.2) is 5.78 Å². The summed E-state index contributed by atoms with van der Waals surface area (Å²) in [6, 6.07) is 5.11. The molecule has 1 amide bonds. The zero-order valence-corrected chi connectivity index (χ0v) is 11.7. The van der Waals surface area contributed by atoms with E-state index < -0.39 is 5.38 Å². The van der Waals surface area contributed by atoms with Gasteiger partial charge in [-0.2, -0.15) is 0 Å². The predicted molar refractivity (Wildman–Crippen MR) is 72.8 cm³/mol. The van der Waals surface area contributed by atoms with Crippen LogP contribution in [0.5, 0.6) is 5.75 Å². The molecule has 0 bridgehead atoms. The maximum absolute atomic E-state index is 11.9. The summed E-state index contributed by atoms with van der Waals surface area (Å²) < 4.78 is 5.53. The molecule has 1 aromatic rings. The number of carbonyl (C=O) groups excluding carboxylic acids is 2. The average molecular weight is 282 g/mol. The first-order valence-corrected chi connectivity index (χ1v) is 6.65. The Labute approximate surface area is 117 Å². The maximum atomic E-state index is 11.9. The van der Waals surface area contributed by atoms with Gasteiger partial charge < -0.3 is 10.1 Å². The van der Waals surface area contributed by atoms with E-state index in [0.29, 0.717) is 24.3 Å². The van der Waals surface area contributed by atoms with E-state index in [9.17, 15) is 9.59 Å². The summed E-state index contributed by atoms with van der Waals surface area (Å²) in [7, 11) is 0. The van der Waals surface area contributed by atoms with E-state index in [1.54, 1.807) is 25.1 Å². The van der Waals surface area contributed by atoms with Crippen molar-refractivity contribution in [2.24, 2.45) is 0 Å². The second-order valence-corrected chi connectivity index (χ2v) is 5.28. The Hall–Kier alpha value is -1.55. The molecule has 0 radical (unpaired) electrons. The number of halogens is 1. The third kappa shape index (κ3) is 3.07. The van der Waals surface area contributed by atoms with Crippen LogP contribution in [0.4, 0.5) is 0 Å². The van der Waals surface area contributed by atoms with Crippen molar-refractivity contribution in [2.45, 2.75) is 31.7 Å². The van der Waals surface area contributed by atoms with E-state index in [-0.39, 0.29) is 17.7 Å². The van der Waals surface area contributed by atoms with Crippen molar-refractivity contribution >= 4 is 23.3 Å². The van der Waals surface area contributed by atoms with E-state index in [0.717, 1.165) is 5.56 Å². The first kappa shape index (κ1) is 13.9. The molecule has 2 rings (SSSR count). The Morgan fingerprint density at radius 1 is 1.47 bits per heavy atom. The number of alkyl halides is 1. The first-order chi connectivity index (χ1) is 8.99. The van der Waals surface area contributed by atoms with Gasteiger partial charge in [0.1, 0.15) is 5.75 Å². The lowest BCUT2D eigenvalue weighted by Crippen LogP contribution is -2.30. The van der Waals surface area contributed by atoms with E-state index in [4.69, 9.17) is 16.3 Å². The lowest BCUT2D eigenvalue weighted by atomic mass is 9.96. The Morgan fingerprint density at radius 2 is 2.21 bits per heavy atom. The molecule has 5 heteroatoms. The highest BCUT2D eigenvalue weighted by atomic mass is 35.5. The van der Waals surface area contributed by atoms with Crippen molar-refractivity contribution in [3.05, 3.63) is 29.3 Å². The molecule has 2 atom stereocenters. The normalized spacial score (nSPS) is 19.0. The molecule has 1 heterocycles. The average Bonchev–Trinajstić information content (AvgIpc) is 2.37. The quantitative estimate of drug-likeness (QED) is 0.684. The van der Waals surface area contributed by atoms with E-state index >= 15 is 0 Å². The van der Waals surface area contributed by atoms with Gasteiger partial charge in [-0.1, -0.05) is 0 Å². The zero-order valence-electron chi connectivity index (χ0n) is 10.9. The van der Waals surface area contributed by atoms with Crippen LogP contribution in [0, 0.1) is 0 Å². The number of ketones is 1. The number of benzene rings is 1. The second kappa shape index (κ2) is 5.61. The number of carbonyl (C=O) groups is 2. The number of ether oxygens (including phenoxy) is 1. The topological polar surface area (TPSA) is 55.4 Å². The SMILES string of the molecule is CC(=O)N[C@@H]1CCOc2ccc(C(=O)[C@@H](C)Cl)cc21. The van der Waals surface area contributed by atoms with Crippen LogP contribution in [0.3, 0.4) is 0 Å². The van der Waals surface area contributed by atoms with Gasteiger partial charge in [-0.3, -0.25) is 9.59 Å². The Balaban J connectivity index is 2.35. The number of fused-ring (bicyclic) bond motifs is 1. The number of amides is 1. The van der Waals surface area contributed by atoms with Gasteiger partial charge in [-0.05, 0) is 25.1 Å². The van der Waals surface area contributed by atoms with Crippen LogP contribution in [0.25, 0.3) is 0 Å². The smallest absolute Gasteiger partial charge is 0.217 e. The summed E-state index contributed by atoms with van der Waals surface area (Å²) in [6.45, 7) is 3.67. The molecule has 1 aliphatic heterocycles. The minimum Gasteiger partial charge on any atom is -0.493 e. The third-order valence-corrected chi connectivity index (χ3v) is 3.27. The van der Waals surface area contributed by atoms with Crippen molar-refractivity contribution < 1.29 is 14.3 Å². The standard InChI is InChI=1S/C14H16ClNO3/c1-8(15)14(18)10-3-4-13-11(7-10)12(5-6-19-13)16-9(2)17/h3-4,7-8,12H,5-6H2,1-2H3,(H,16,17)/t8-,12-/m1/s1. The van der Waals surface area contributed by atoms with Gasteiger partial charge in [-0.25, -0.2) is 0 Å². The van der Waals surface area contributed by atoms with Crippen LogP contribution in [0.1, 0.15) is 42.2 Å². The zero-order chi connectivity index (χ0) is 14.0. The summed E-state index contributed by atoms with van der Waals surface area (Å²) in [4.78, 5) is 23.1. The number of hydrogen-bond acceptors (Lipinski definition) is 3. The molecule has 0 spiro atoms. The van der Waals surface area contributed by atoms with Crippen molar-refractivity contribution in [3.63, 3.8) is 0 Å². The molecule has 0 aliphatic carbocycles. The fraction of sp³-hybridized carbons (Fsp3) is 0.429. The molecule has 1 aliphatic rings. The number of rotatable bonds is 3. The highest BCUT2D eigenvalue weighted by molar-refractivity contribution is 6.33. The van der Waals surface area contributed by atoms with Gasteiger partial charge in [0, 0.05) is 24.5 Å². The fourth-order valence-electron chi connectivity index (χ4n) is 2.17. The molecule has 0 fully saturated rings. The number of hydrogen-bond donors (Lipinski definition) is 1. The molecule has 0 unspecified atom stereocenters. The lowest BCUT2D eigenvalue weighted by molar-refractivity contribution is -0.119. The van der Waals surface area contributed by atoms with Crippen molar-refractivity contribution in [1.29, 1.82) is 0 Å². The van der Waals surface area contributed by atoms with Crippen LogP contribution in [-0.4, -0.2) is 23.7 Å². The van der Waals surface area contributed by atoms with Crippen LogP contribution >= 0.6 is 11.6 Å². The van der Waals surface area contributed by atoms with Gasteiger partial charge in [0.05, 0.1) is 18.0 Å². The summed E-state index contributed by atoms with van der Waals surface area (Å²) in [5, 5.41) is 2.30. The fourth-order valence-corrected chi connectivity index (χ4v) is 2.30. The third-order valence-electron chi connectivity index (χ3n) is 3.07. The number of nitrogens with one attached hydrogen (secondary N) is 1. The van der Waals surface area contributed by atoms with Gasteiger partial charge in [0.2, 0.25) is 5.91 Å². The van der Waals surface area contributed by atoms with Crippen molar-refractivity contribution in [1.82, 2.24) is 5.32 Å². The van der Waals surface area contributed by atoms with Gasteiger partial charge >= 0.3 is 0 Å². The Kier molecular flexibility index (Phi) is 4.10. The molecule has 0 aromatic heterocycles. The predicted octanol–water partition coefficient (Wildman–Crippen LogP) is 2.46. The van der Waals surface area contributed by atoms with Gasteiger partial charge in [0.25, 0.3) is 0 Å². The molecule has 1 N–H and O–H groups in total. The summed E-state index contributed by atoms with van der Waals surface area (Å²) >= 11 is 5.82. The van der Waals surface area contributed by atoms with Crippen LogP contribution < -0.4 is 10.1 Å². The lowest BCUT2D eigenvalue weighted by Gasteiger charge is -2.26. The summed E-state index contributed by atoms with van der Waals surface area (Å²) in [6.07, 6.45) is 0.695. The monoisotopic (exact) mass is 281 g/mol. The molecule has 102 valence electrons. The molecule has 4 nitrogen and oxygen atoms in total. The maximum Gasteiger partial charge on any atom is 0.217 e. The summed E-state index contributed by atoms with van der Waals surface area (Å²) in [5.41, 5.74) is 1.38. The minimum atomic E-state index is -0.568. The highest BCUT2D eigenvalue weighted by Crippen LogP contribution is 2.33. The minimum absolute atomic E-state index is 0.0970. The van der Waals surface area contributed by atoms with Gasteiger partial charge in [-0.15, -0.1) is 11.6 Å². The van der Waals surface area contributed by atoms with Crippen molar-refractivity contribution in [2.75, 3.05) is 6.61 Å². The molecular formula is C14H16ClNO3. The first-order valence-electron chi connectivity index (χ1n) is 6.21. The number of Topliss-reactive ketones (excluding diaryl/α,β-unsaturated/α-hetero) is 1. The van der Waals surface area contributed by atoms with Crippen LogP contribution in [0.15, 0.2) is 18.2 Å². The molecule has 1 aromatic carbocycles. The summed E-state index contributed by atoms with van der Waals surface area (Å²) in [5.74, 6) is 0.487. The molecule has 0 saturated carbocycles. The highest BCUT2D eigenvalue weighted by Gasteiger charge is 2.24. The van der Waals surface area contributed by atoms with E-state index in [2.05, 4.69) is 5.32 Å². The molecule has 19 heavy (non-hydrogen) atoms.